The van der Waals surface area contributed by atoms with E-state index in [1.807, 2.05) is 19.9 Å². The number of carbonyl (C=O) groups is 1. The SMILES string of the molecule is CC[C@@H](CO)Nc1nc2c(C)cccn2c(=O)c1/C=C1\SC(=S)N(CCOC)C1=O. The number of hydrogen-bond donors (Lipinski definition) is 2. The number of amides is 1. The first kappa shape index (κ1) is 22.4. The Morgan fingerprint density at radius 2 is 2.20 bits per heavy atom. The molecule has 1 aliphatic heterocycles. The van der Waals surface area contributed by atoms with E-state index in [2.05, 4.69) is 10.3 Å². The number of rotatable bonds is 8. The number of aliphatic hydroxyl groups excluding tert-OH is 1. The number of fused-ring (bicyclic) bond motifs is 1. The predicted molar refractivity (Wildman–Crippen MR) is 123 cm³/mol. The molecule has 3 rings (SSSR count). The van der Waals surface area contributed by atoms with Crippen molar-refractivity contribution in [1.82, 2.24) is 14.3 Å². The van der Waals surface area contributed by atoms with Crippen LogP contribution in [0.25, 0.3) is 11.7 Å². The average Bonchev–Trinajstić information content (AvgIpc) is 3.00. The Labute approximate surface area is 183 Å². The van der Waals surface area contributed by atoms with Gasteiger partial charge in [0, 0.05) is 13.3 Å². The van der Waals surface area contributed by atoms with E-state index in [4.69, 9.17) is 17.0 Å². The van der Waals surface area contributed by atoms with Crippen molar-refractivity contribution in [2.45, 2.75) is 26.3 Å². The van der Waals surface area contributed by atoms with Crippen molar-refractivity contribution in [3.63, 3.8) is 0 Å². The molecule has 0 unspecified atom stereocenters. The normalized spacial score (nSPS) is 16.7. The van der Waals surface area contributed by atoms with E-state index in [9.17, 15) is 14.7 Å². The second-order valence-electron chi connectivity index (χ2n) is 6.82. The fourth-order valence-electron chi connectivity index (χ4n) is 3.03. The number of nitrogens with one attached hydrogen (secondary N) is 1. The lowest BCUT2D eigenvalue weighted by atomic mass is 10.2. The van der Waals surface area contributed by atoms with Gasteiger partial charge in [0.15, 0.2) is 0 Å². The molecule has 1 aliphatic rings. The Morgan fingerprint density at radius 1 is 1.43 bits per heavy atom. The van der Waals surface area contributed by atoms with Gasteiger partial charge in [-0.3, -0.25) is 18.9 Å². The van der Waals surface area contributed by atoms with Crippen LogP contribution in [-0.4, -0.2) is 62.5 Å². The van der Waals surface area contributed by atoms with Gasteiger partial charge in [-0.15, -0.1) is 0 Å². The first-order valence-corrected chi connectivity index (χ1v) is 10.8. The molecule has 0 saturated carbocycles. The third-order valence-electron chi connectivity index (χ3n) is 4.81. The zero-order chi connectivity index (χ0) is 21.8. The summed E-state index contributed by atoms with van der Waals surface area (Å²) in [7, 11) is 1.56. The fourth-order valence-corrected chi connectivity index (χ4v) is 4.32. The van der Waals surface area contributed by atoms with Crippen LogP contribution in [0.1, 0.15) is 24.5 Å². The van der Waals surface area contributed by atoms with Gasteiger partial charge in [0.05, 0.1) is 36.3 Å². The monoisotopic (exact) mass is 448 g/mol. The number of carbonyl (C=O) groups excluding carboxylic acids is 1. The van der Waals surface area contributed by atoms with Crippen LogP contribution in [0, 0.1) is 6.92 Å². The second kappa shape index (κ2) is 9.69. The molecule has 2 aromatic heterocycles. The number of thiocarbonyl (C=S) groups is 1. The summed E-state index contributed by atoms with van der Waals surface area (Å²) in [6.07, 6.45) is 3.82. The minimum atomic E-state index is -0.304. The van der Waals surface area contributed by atoms with Gasteiger partial charge in [0.2, 0.25) is 0 Å². The lowest BCUT2D eigenvalue weighted by molar-refractivity contribution is -0.122. The lowest BCUT2D eigenvalue weighted by Gasteiger charge is -2.17. The van der Waals surface area contributed by atoms with Gasteiger partial charge in [-0.05, 0) is 31.1 Å². The van der Waals surface area contributed by atoms with Crippen molar-refractivity contribution >= 4 is 51.7 Å². The molecule has 160 valence electrons. The van der Waals surface area contributed by atoms with Crippen molar-refractivity contribution in [3.05, 3.63) is 44.7 Å². The third-order valence-corrected chi connectivity index (χ3v) is 6.18. The van der Waals surface area contributed by atoms with E-state index in [0.717, 1.165) is 17.3 Å². The number of nitrogens with zero attached hydrogens (tertiary/aromatic N) is 3. The molecule has 0 spiro atoms. The van der Waals surface area contributed by atoms with Crippen LogP contribution in [0.2, 0.25) is 0 Å². The van der Waals surface area contributed by atoms with Crippen molar-refractivity contribution in [3.8, 4) is 0 Å². The molecule has 1 amide bonds. The quantitative estimate of drug-likeness (QED) is 0.468. The van der Waals surface area contributed by atoms with E-state index >= 15 is 0 Å². The topological polar surface area (TPSA) is 96.2 Å². The standard InChI is InChI=1S/C20H24N4O4S2/c1-4-13(11-25)21-16-14(18(26)23-7-5-6-12(2)17(23)22-16)10-15-19(27)24(8-9-28-3)20(29)30-15/h5-7,10,13,21,25H,4,8-9,11H2,1-3H3/b15-10-/t13-/m0/s1. The third kappa shape index (κ3) is 4.41. The molecule has 0 bridgehead atoms. The van der Waals surface area contributed by atoms with Crippen LogP contribution < -0.4 is 10.9 Å². The van der Waals surface area contributed by atoms with Gasteiger partial charge in [0.1, 0.15) is 15.8 Å². The molecule has 2 aromatic rings. The number of aliphatic hydroxyl groups is 1. The van der Waals surface area contributed by atoms with Crippen LogP contribution in [0.5, 0.6) is 0 Å². The average molecular weight is 449 g/mol. The van der Waals surface area contributed by atoms with E-state index in [0.29, 0.717) is 40.3 Å². The number of methoxy groups -OCH3 is 1. The maximum absolute atomic E-state index is 13.3. The summed E-state index contributed by atoms with van der Waals surface area (Å²) < 4.78 is 6.92. The van der Waals surface area contributed by atoms with E-state index in [1.165, 1.54) is 15.4 Å². The summed E-state index contributed by atoms with van der Waals surface area (Å²) in [6.45, 7) is 4.40. The van der Waals surface area contributed by atoms with Crippen molar-refractivity contribution < 1.29 is 14.6 Å². The Kier molecular flexibility index (Phi) is 7.24. The Hall–Kier alpha value is -2.27. The summed E-state index contributed by atoms with van der Waals surface area (Å²) in [4.78, 5) is 32.5. The molecule has 3 heterocycles. The van der Waals surface area contributed by atoms with Crippen molar-refractivity contribution in [1.29, 1.82) is 0 Å². The van der Waals surface area contributed by atoms with Crippen molar-refractivity contribution in [2.75, 3.05) is 32.2 Å². The van der Waals surface area contributed by atoms with Gasteiger partial charge in [0.25, 0.3) is 11.5 Å². The largest absolute Gasteiger partial charge is 0.394 e. The van der Waals surface area contributed by atoms with Gasteiger partial charge in [-0.1, -0.05) is 37.0 Å². The van der Waals surface area contributed by atoms with Crippen LogP contribution in [0.4, 0.5) is 5.82 Å². The minimum Gasteiger partial charge on any atom is -0.394 e. The first-order valence-electron chi connectivity index (χ1n) is 9.54. The molecule has 1 atom stereocenters. The number of anilines is 1. The smallest absolute Gasteiger partial charge is 0.267 e. The minimum absolute atomic E-state index is 0.107. The highest BCUT2D eigenvalue weighted by Gasteiger charge is 2.32. The maximum atomic E-state index is 13.3. The molecule has 0 aliphatic carbocycles. The molecule has 1 saturated heterocycles. The summed E-state index contributed by atoms with van der Waals surface area (Å²) >= 11 is 6.46. The van der Waals surface area contributed by atoms with Gasteiger partial charge in [-0.25, -0.2) is 4.98 Å². The maximum Gasteiger partial charge on any atom is 0.267 e. The van der Waals surface area contributed by atoms with Crippen LogP contribution in [0.3, 0.4) is 0 Å². The number of aryl methyl sites for hydroxylation is 1. The number of aromatic nitrogens is 2. The van der Waals surface area contributed by atoms with E-state index in [-0.39, 0.29) is 29.7 Å². The summed E-state index contributed by atoms with van der Waals surface area (Å²) in [5, 5.41) is 12.8. The fraction of sp³-hybridized carbons (Fsp3) is 0.400. The molecule has 2 N–H and O–H groups in total. The molecule has 0 radical (unpaired) electrons. The molecule has 30 heavy (non-hydrogen) atoms. The Bertz CT molecular complexity index is 1060. The van der Waals surface area contributed by atoms with Crippen LogP contribution >= 0.6 is 24.0 Å². The molecular weight excluding hydrogens is 424 g/mol. The number of thioether (sulfide) groups is 1. The highest BCUT2D eigenvalue weighted by Crippen LogP contribution is 2.33. The van der Waals surface area contributed by atoms with Gasteiger partial charge in [-0.2, -0.15) is 0 Å². The van der Waals surface area contributed by atoms with E-state index < -0.39 is 0 Å². The lowest BCUT2D eigenvalue weighted by Crippen LogP contribution is -2.31. The Morgan fingerprint density at radius 3 is 2.87 bits per heavy atom. The summed E-state index contributed by atoms with van der Waals surface area (Å²) in [5.74, 6) is 0.0632. The highest BCUT2D eigenvalue weighted by atomic mass is 32.2. The molecular formula is C20H24N4O4S2. The predicted octanol–water partition coefficient (Wildman–Crippen LogP) is 2.03. The summed E-state index contributed by atoms with van der Waals surface area (Å²) in [5.41, 5.74) is 1.30. The van der Waals surface area contributed by atoms with Gasteiger partial charge >= 0.3 is 0 Å². The molecule has 0 aromatic carbocycles. The second-order valence-corrected chi connectivity index (χ2v) is 8.50. The van der Waals surface area contributed by atoms with Crippen LogP contribution in [0.15, 0.2) is 28.0 Å². The van der Waals surface area contributed by atoms with Gasteiger partial charge < -0.3 is 15.2 Å². The molecule has 1 fully saturated rings. The number of pyridine rings is 1. The number of ether oxygens (including phenoxy) is 1. The summed E-state index contributed by atoms with van der Waals surface area (Å²) in [6, 6.07) is 3.37. The Balaban J connectivity index is 2.13. The van der Waals surface area contributed by atoms with Crippen LogP contribution in [-0.2, 0) is 9.53 Å². The highest BCUT2D eigenvalue weighted by molar-refractivity contribution is 8.26. The van der Waals surface area contributed by atoms with E-state index in [1.54, 1.807) is 19.4 Å². The first-order chi connectivity index (χ1) is 14.4. The van der Waals surface area contributed by atoms with Crippen molar-refractivity contribution in [2.24, 2.45) is 0 Å². The number of hydrogen-bond acceptors (Lipinski definition) is 8. The zero-order valence-electron chi connectivity index (χ0n) is 17.0. The zero-order valence-corrected chi connectivity index (χ0v) is 18.7. The molecule has 8 nitrogen and oxygen atoms in total. The molecule has 10 heteroatoms.